The molecule has 0 bridgehead atoms. The smallest absolute Gasteiger partial charge is 0.237 e. The summed E-state index contributed by atoms with van der Waals surface area (Å²) in [6.07, 6.45) is 3.11. The molecule has 7 nitrogen and oxygen atoms in total. The Balaban J connectivity index is 1.59. The molecule has 7 heteroatoms. The van der Waals surface area contributed by atoms with Crippen LogP contribution in [0.25, 0.3) is 11.3 Å². The maximum absolute atomic E-state index is 12.9. The van der Waals surface area contributed by atoms with Gasteiger partial charge in [0.25, 0.3) is 0 Å². The number of hydrogen-bond acceptors (Lipinski definition) is 6. The summed E-state index contributed by atoms with van der Waals surface area (Å²) in [5.74, 6) is 2.27. The van der Waals surface area contributed by atoms with E-state index in [4.69, 9.17) is 14.0 Å². The Bertz CT molecular complexity index is 1020. The van der Waals surface area contributed by atoms with Gasteiger partial charge in [0.05, 0.1) is 25.3 Å². The molecular weight excluding hydrogens is 358 g/mol. The van der Waals surface area contributed by atoms with E-state index in [1.165, 1.54) is 0 Å². The minimum Gasteiger partial charge on any atom is -0.493 e. The zero-order valence-electron chi connectivity index (χ0n) is 16.0. The minimum atomic E-state index is -0.664. The Morgan fingerprint density at radius 2 is 1.93 bits per heavy atom. The predicted octanol–water partition coefficient (Wildman–Crippen LogP) is 3.73. The van der Waals surface area contributed by atoms with Crippen molar-refractivity contribution in [3.05, 3.63) is 53.9 Å². The van der Waals surface area contributed by atoms with Gasteiger partial charge in [0.15, 0.2) is 17.3 Å². The number of carbonyl (C=O) groups excluding carboxylic acids is 1. The van der Waals surface area contributed by atoms with Gasteiger partial charge in [0.1, 0.15) is 5.82 Å². The first-order chi connectivity index (χ1) is 13.6. The van der Waals surface area contributed by atoms with Crippen LogP contribution in [0, 0.1) is 6.92 Å². The maximum Gasteiger partial charge on any atom is 0.237 e. The molecular formula is C21H21N3O4. The first-order valence-electron chi connectivity index (χ1n) is 9.00. The van der Waals surface area contributed by atoms with E-state index in [0.29, 0.717) is 28.8 Å². The standard InChI is InChI=1S/C21H21N3O4/c1-13-5-4-10-22-19(13)23-20(25)21(8-9-21)18-12-16(28-24-18)14-6-7-15(26-2)17(11-14)27-3/h4-7,10-12H,8-9H2,1-3H3,(H,22,23,25). The van der Waals surface area contributed by atoms with Crippen molar-refractivity contribution in [1.29, 1.82) is 0 Å². The Kier molecular flexibility index (Phi) is 4.50. The molecule has 1 saturated carbocycles. The van der Waals surface area contributed by atoms with Crippen molar-refractivity contribution in [1.82, 2.24) is 10.1 Å². The highest BCUT2D eigenvalue weighted by Gasteiger charge is 2.54. The summed E-state index contributed by atoms with van der Waals surface area (Å²) in [6.45, 7) is 1.91. The van der Waals surface area contributed by atoms with Crippen molar-refractivity contribution in [2.24, 2.45) is 0 Å². The van der Waals surface area contributed by atoms with E-state index in [2.05, 4.69) is 15.5 Å². The molecule has 2 aromatic heterocycles. The molecule has 144 valence electrons. The number of amides is 1. The quantitative estimate of drug-likeness (QED) is 0.702. The Morgan fingerprint density at radius 3 is 2.61 bits per heavy atom. The molecule has 0 atom stereocenters. The maximum atomic E-state index is 12.9. The van der Waals surface area contributed by atoms with Gasteiger partial charge in [-0.05, 0) is 49.6 Å². The number of nitrogens with one attached hydrogen (secondary N) is 1. The molecule has 3 aromatic rings. The lowest BCUT2D eigenvalue weighted by atomic mass is 10.00. The molecule has 0 aliphatic heterocycles. The van der Waals surface area contributed by atoms with Crippen LogP contribution >= 0.6 is 0 Å². The highest BCUT2D eigenvalue weighted by atomic mass is 16.5. The van der Waals surface area contributed by atoms with Gasteiger partial charge in [-0.1, -0.05) is 11.2 Å². The van der Waals surface area contributed by atoms with Crippen LogP contribution in [0.1, 0.15) is 24.1 Å². The molecule has 0 saturated heterocycles. The van der Waals surface area contributed by atoms with E-state index < -0.39 is 5.41 Å². The fraction of sp³-hybridized carbons (Fsp3) is 0.286. The van der Waals surface area contributed by atoms with Crippen molar-refractivity contribution >= 4 is 11.7 Å². The minimum absolute atomic E-state index is 0.110. The lowest BCUT2D eigenvalue weighted by molar-refractivity contribution is -0.118. The Hall–Kier alpha value is -3.35. The molecule has 2 heterocycles. The van der Waals surface area contributed by atoms with Crippen LogP contribution in [-0.4, -0.2) is 30.3 Å². The second kappa shape index (κ2) is 6.99. The third kappa shape index (κ3) is 3.09. The number of anilines is 1. The van der Waals surface area contributed by atoms with Crippen molar-refractivity contribution in [2.75, 3.05) is 19.5 Å². The summed E-state index contributed by atoms with van der Waals surface area (Å²) in [5.41, 5.74) is 1.68. The number of ether oxygens (including phenoxy) is 2. The summed E-state index contributed by atoms with van der Waals surface area (Å²) in [6, 6.07) is 11.1. The summed E-state index contributed by atoms with van der Waals surface area (Å²) in [4.78, 5) is 17.1. The molecule has 1 N–H and O–H groups in total. The van der Waals surface area contributed by atoms with Gasteiger partial charge in [0.2, 0.25) is 5.91 Å². The Morgan fingerprint density at radius 1 is 1.14 bits per heavy atom. The summed E-state index contributed by atoms with van der Waals surface area (Å²) in [5, 5.41) is 7.11. The van der Waals surface area contributed by atoms with Crippen molar-refractivity contribution in [2.45, 2.75) is 25.2 Å². The average molecular weight is 379 g/mol. The number of hydrogen-bond donors (Lipinski definition) is 1. The first-order valence-corrected chi connectivity index (χ1v) is 9.00. The van der Waals surface area contributed by atoms with E-state index in [1.807, 2.05) is 37.3 Å². The number of pyridine rings is 1. The number of nitrogens with zero attached hydrogens (tertiary/aromatic N) is 2. The van der Waals surface area contributed by atoms with Crippen LogP contribution in [0.3, 0.4) is 0 Å². The number of rotatable bonds is 6. The second-order valence-electron chi connectivity index (χ2n) is 6.85. The lowest BCUT2D eigenvalue weighted by Crippen LogP contribution is -2.28. The number of methoxy groups -OCH3 is 2. The van der Waals surface area contributed by atoms with Crippen molar-refractivity contribution in [3.63, 3.8) is 0 Å². The van der Waals surface area contributed by atoms with E-state index >= 15 is 0 Å². The van der Waals surface area contributed by atoms with Gasteiger partial charge < -0.3 is 19.3 Å². The first kappa shape index (κ1) is 18.0. The molecule has 1 amide bonds. The molecule has 1 fully saturated rings. The number of benzene rings is 1. The largest absolute Gasteiger partial charge is 0.493 e. The molecule has 0 unspecified atom stereocenters. The SMILES string of the molecule is COc1ccc(-c2cc(C3(C(=O)Nc4ncccc4C)CC3)no2)cc1OC. The molecule has 0 radical (unpaired) electrons. The zero-order chi connectivity index (χ0) is 19.7. The van der Waals surface area contributed by atoms with Crippen LogP contribution in [0.2, 0.25) is 0 Å². The lowest BCUT2D eigenvalue weighted by Gasteiger charge is -2.13. The second-order valence-corrected chi connectivity index (χ2v) is 6.85. The van der Waals surface area contributed by atoms with Crippen LogP contribution in [0.5, 0.6) is 11.5 Å². The molecule has 0 spiro atoms. The Labute approximate surface area is 162 Å². The van der Waals surface area contributed by atoms with Crippen molar-refractivity contribution in [3.8, 4) is 22.8 Å². The van der Waals surface area contributed by atoms with Gasteiger partial charge in [-0.3, -0.25) is 4.79 Å². The summed E-state index contributed by atoms with van der Waals surface area (Å²) < 4.78 is 16.1. The van der Waals surface area contributed by atoms with Crippen LogP contribution < -0.4 is 14.8 Å². The number of aromatic nitrogens is 2. The van der Waals surface area contributed by atoms with Gasteiger partial charge in [0, 0.05) is 17.8 Å². The van der Waals surface area contributed by atoms with Gasteiger partial charge in [-0.2, -0.15) is 0 Å². The molecule has 4 rings (SSSR count). The molecule has 1 aromatic carbocycles. The fourth-order valence-corrected chi connectivity index (χ4v) is 3.19. The summed E-state index contributed by atoms with van der Waals surface area (Å²) >= 11 is 0. The highest BCUT2D eigenvalue weighted by molar-refractivity contribution is 6.01. The molecule has 1 aliphatic carbocycles. The van der Waals surface area contributed by atoms with Crippen molar-refractivity contribution < 1.29 is 18.8 Å². The zero-order valence-corrected chi connectivity index (χ0v) is 16.0. The van der Waals surface area contributed by atoms with E-state index in [9.17, 15) is 4.79 Å². The predicted molar refractivity (Wildman–Crippen MR) is 104 cm³/mol. The fourth-order valence-electron chi connectivity index (χ4n) is 3.19. The molecule has 1 aliphatic rings. The topological polar surface area (TPSA) is 86.5 Å². The number of aryl methyl sites for hydroxylation is 1. The van der Waals surface area contributed by atoms with E-state index in [1.54, 1.807) is 26.5 Å². The highest BCUT2D eigenvalue weighted by Crippen LogP contribution is 2.49. The number of carbonyl (C=O) groups is 1. The van der Waals surface area contributed by atoms with Crippen LogP contribution in [0.15, 0.2) is 47.1 Å². The van der Waals surface area contributed by atoms with Gasteiger partial charge in [-0.15, -0.1) is 0 Å². The van der Waals surface area contributed by atoms with Crippen LogP contribution in [-0.2, 0) is 10.2 Å². The average Bonchev–Trinajstić information content (AvgIpc) is 3.39. The van der Waals surface area contributed by atoms with E-state index in [-0.39, 0.29) is 5.91 Å². The van der Waals surface area contributed by atoms with E-state index in [0.717, 1.165) is 24.0 Å². The normalized spacial score (nSPS) is 14.4. The third-order valence-corrected chi connectivity index (χ3v) is 5.09. The monoisotopic (exact) mass is 379 g/mol. The van der Waals surface area contributed by atoms with Gasteiger partial charge >= 0.3 is 0 Å². The van der Waals surface area contributed by atoms with Crippen LogP contribution in [0.4, 0.5) is 5.82 Å². The summed E-state index contributed by atoms with van der Waals surface area (Å²) in [7, 11) is 3.17. The van der Waals surface area contributed by atoms with Gasteiger partial charge in [-0.25, -0.2) is 4.98 Å². The molecule has 28 heavy (non-hydrogen) atoms. The third-order valence-electron chi connectivity index (χ3n) is 5.09.